The second kappa shape index (κ2) is 6.21. The molecule has 2 nitrogen and oxygen atoms in total. The Morgan fingerprint density at radius 3 is 2.38 bits per heavy atom. The van der Waals surface area contributed by atoms with Crippen molar-refractivity contribution in [3.63, 3.8) is 0 Å². The minimum atomic E-state index is 0.424. The van der Waals surface area contributed by atoms with E-state index in [4.69, 9.17) is 4.74 Å². The second-order valence-corrected chi connectivity index (χ2v) is 4.19. The summed E-state index contributed by atoms with van der Waals surface area (Å²) in [6.07, 6.45) is 3.65. The van der Waals surface area contributed by atoms with Crippen molar-refractivity contribution in [1.82, 2.24) is 0 Å². The van der Waals surface area contributed by atoms with E-state index in [-0.39, 0.29) is 0 Å². The lowest BCUT2D eigenvalue weighted by Gasteiger charge is -2.15. The minimum absolute atomic E-state index is 0.424. The van der Waals surface area contributed by atoms with E-state index in [9.17, 15) is 0 Å². The molecule has 0 saturated heterocycles. The maximum absolute atomic E-state index is 5.39. The third kappa shape index (κ3) is 3.61. The molecule has 0 saturated carbocycles. The van der Waals surface area contributed by atoms with Gasteiger partial charge in [0.2, 0.25) is 0 Å². The molecular weight excluding hydrogens is 198 g/mol. The molecule has 0 radical (unpaired) electrons. The summed E-state index contributed by atoms with van der Waals surface area (Å²) in [6.45, 7) is 4.86. The van der Waals surface area contributed by atoms with Crippen LogP contribution < -0.4 is 4.90 Å². The van der Waals surface area contributed by atoms with Gasteiger partial charge in [-0.25, -0.2) is 0 Å². The van der Waals surface area contributed by atoms with Crippen LogP contribution >= 0.6 is 0 Å². The van der Waals surface area contributed by atoms with Crippen LogP contribution in [0.4, 0.5) is 5.69 Å². The van der Waals surface area contributed by atoms with Crippen molar-refractivity contribution in [3.8, 4) is 0 Å². The normalized spacial score (nSPS) is 12.8. The van der Waals surface area contributed by atoms with E-state index in [1.165, 1.54) is 11.3 Å². The van der Waals surface area contributed by atoms with E-state index in [2.05, 4.69) is 36.1 Å². The molecule has 16 heavy (non-hydrogen) atoms. The number of hydrogen-bond acceptors (Lipinski definition) is 2. The lowest BCUT2D eigenvalue weighted by atomic mass is 10.0. The fourth-order valence-electron chi connectivity index (χ4n) is 1.49. The van der Waals surface area contributed by atoms with E-state index in [0.717, 1.165) is 6.61 Å². The zero-order valence-corrected chi connectivity index (χ0v) is 10.6. The first kappa shape index (κ1) is 12.6. The summed E-state index contributed by atoms with van der Waals surface area (Å²) in [5.74, 6) is 0.424. The van der Waals surface area contributed by atoms with Crippen LogP contribution in [-0.2, 0) is 4.74 Å². The van der Waals surface area contributed by atoms with Crippen LogP contribution in [0.3, 0.4) is 0 Å². The topological polar surface area (TPSA) is 12.5 Å². The molecule has 0 N–H and O–H groups in total. The van der Waals surface area contributed by atoms with E-state index in [1.807, 2.05) is 27.1 Å². The van der Waals surface area contributed by atoms with Crippen molar-refractivity contribution in [3.05, 3.63) is 42.2 Å². The number of hydrogen-bond donors (Lipinski definition) is 0. The highest BCUT2D eigenvalue weighted by Crippen LogP contribution is 2.19. The summed E-state index contributed by atoms with van der Waals surface area (Å²) in [4.78, 5) is 2.10. The Balaban J connectivity index is 2.59. The zero-order valence-electron chi connectivity index (χ0n) is 10.6. The Bertz CT molecular complexity index is 327. The van der Waals surface area contributed by atoms with Crippen LogP contribution in [0.5, 0.6) is 0 Å². The Morgan fingerprint density at radius 1 is 1.25 bits per heavy atom. The molecule has 0 bridgehead atoms. The second-order valence-electron chi connectivity index (χ2n) is 4.19. The number of allylic oxidation sites excluding steroid dienone is 1. The molecule has 0 aliphatic rings. The molecule has 2 heteroatoms. The van der Waals surface area contributed by atoms with Gasteiger partial charge in [-0.3, -0.25) is 0 Å². The molecule has 1 rings (SSSR count). The van der Waals surface area contributed by atoms with Gasteiger partial charge in [0.25, 0.3) is 0 Å². The largest absolute Gasteiger partial charge is 0.501 e. The average molecular weight is 219 g/mol. The Kier molecular flexibility index (Phi) is 4.90. The molecule has 1 atom stereocenters. The maximum Gasteiger partial charge on any atom is 0.0938 e. The van der Waals surface area contributed by atoms with Crippen molar-refractivity contribution in [1.29, 1.82) is 0 Å². The summed E-state index contributed by atoms with van der Waals surface area (Å²) in [5.41, 5.74) is 2.54. The van der Waals surface area contributed by atoms with Gasteiger partial charge < -0.3 is 9.64 Å². The van der Waals surface area contributed by atoms with E-state index >= 15 is 0 Å². The number of anilines is 1. The zero-order chi connectivity index (χ0) is 12.0. The van der Waals surface area contributed by atoms with E-state index in [0.29, 0.717) is 5.92 Å². The standard InChI is InChI=1S/C14H21NO/c1-5-10-16-11-12(2)13-6-8-14(9-7-13)15(3)4/h5-10,12H,11H2,1-4H3. The van der Waals surface area contributed by atoms with Crippen LogP contribution in [0.1, 0.15) is 25.3 Å². The number of benzene rings is 1. The highest BCUT2D eigenvalue weighted by Gasteiger charge is 2.05. The molecule has 1 unspecified atom stereocenters. The minimum Gasteiger partial charge on any atom is -0.501 e. The summed E-state index contributed by atoms with van der Waals surface area (Å²) in [6, 6.07) is 8.61. The molecule has 0 amide bonds. The lowest BCUT2D eigenvalue weighted by Crippen LogP contribution is -2.08. The SMILES string of the molecule is CC=COCC(C)c1ccc(N(C)C)cc1. The van der Waals surface area contributed by atoms with Crippen LogP contribution in [0.2, 0.25) is 0 Å². The van der Waals surface area contributed by atoms with Gasteiger partial charge in [0.15, 0.2) is 0 Å². The lowest BCUT2D eigenvalue weighted by molar-refractivity contribution is 0.231. The van der Waals surface area contributed by atoms with Gasteiger partial charge in [-0.15, -0.1) is 0 Å². The van der Waals surface area contributed by atoms with Gasteiger partial charge in [0.1, 0.15) is 0 Å². The Morgan fingerprint density at radius 2 is 1.88 bits per heavy atom. The molecule has 0 aliphatic carbocycles. The average Bonchev–Trinajstić information content (AvgIpc) is 2.29. The highest BCUT2D eigenvalue weighted by molar-refractivity contribution is 5.46. The molecule has 0 aliphatic heterocycles. The van der Waals surface area contributed by atoms with Crippen molar-refractivity contribution < 1.29 is 4.74 Å². The van der Waals surface area contributed by atoms with Gasteiger partial charge in [0.05, 0.1) is 12.9 Å². The monoisotopic (exact) mass is 219 g/mol. The van der Waals surface area contributed by atoms with Crippen LogP contribution in [0.25, 0.3) is 0 Å². The fourth-order valence-corrected chi connectivity index (χ4v) is 1.49. The highest BCUT2D eigenvalue weighted by atomic mass is 16.5. The van der Waals surface area contributed by atoms with Gasteiger partial charge in [-0.05, 0) is 24.6 Å². The first-order chi connectivity index (χ1) is 7.65. The first-order valence-electron chi connectivity index (χ1n) is 5.65. The third-order valence-corrected chi connectivity index (χ3v) is 2.56. The molecule has 0 heterocycles. The van der Waals surface area contributed by atoms with Gasteiger partial charge in [-0.1, -0.05) is 25.1 Å². The molecule has 88 valence electrons. The first-order valence-corrected chi connectivity index (χ1v) is 5.65. The van der Waals surface area contributed by atoms with E-state index < -0.39 is 0 Å². The molecule has 1 aromatic rings. The smallest absolute Gasteiger partial charge is 0.0938 e. The van der Waals surface area contributed by atoms with Crippen molar-refractivity contribution >= 4 is 5.69 Å². The summed E-state index contributed by atoms with van der Waals surface area (Å²) in [7, 11) is 4.10. The summed E-state index contributed by atoms with van der Waals surface area (Å²) >= 11 is 0. The van der Waals surface area contributed by atoms with Crippen molar-refractivity contribution in [2.24, 2.45) is 0 Å². The van der Waals surface area contributed by atoms with Gasteiger partial charge >= 0.3 is 0 Å². The maximum atomic E-state index is 5.39. The summed E-state index contributed by atoms with van der Waals surface area (Å²) < 4.78 is 5.39. The molecule has 0 fully saturated rings. The number of rotatable bonds is 5. The third-order valence-electron chi connectivity index (χ3n) is 2.56. The number of ether oxygens (including phenoxy) is 1. The Hall–Kier alpha value is -1.44. The predicted molar refractivity (Wildman–Crippen MR) is 70.0 cm³/mol. The van der Waals surface area contributed by atoms with Crippen LogP contribution in [-0.4, -0.2) is 20.7 Å². The van der Waals surface area contributed by atoms with Crippen LogP contribution in [0.15, 0.2) is 36.6 Å². The molecule has 0 spiro atoms. The van der Waals surface area contributed by atoms with Gasteiger partial charge in [-0.2, -0.15) is 0 Å². The predicted octanol–water partition coefficient (Wildman–Crippen LogP) is 3.41. The van der Waals surface area contributed by atoms with Crippen molar-refractivity contribution in [2.75, 3.05) is 25.6 Å². The molecule has 1 aromatic carbocycles. The van der Waals surface area contributed by atoms with Crippen LogP contribution in [0, 0.1) is 0 Å². The molecule has 0 aromatic heterocycles. The fraction of sp³-hybridized carbons (Fsp3) is 0.429. The number of nitrogens with zero attached hydrogens (tertiary/aromatic N) is 1. The summed E-state index contributed by atoms with van der Waals surface area (Å²) in [5, 5.41) is 0. The molecular formula is C14H21NO. The Labute approximate surface area is 98.5 Å². The van der Waals surface area contributed by atoms with E-state index in [1.54, 1.807) is 6.26 Å². The van der Waals surface area contributed by atoms with Gasteiger partial charge in [0, 0.05) is 25.7 Å². The van der Waals surface area contributed by atoms with Crippen molar-refractivity contribution in [2.45, 2.75) is 19.8 Å². The quantitative estimate of drug-likeness (QED) is 0.704.